The summed E-state index contributed by atoms with van der Waals surface area (Å²) in [7, 11) is 0. The number of amides is 2. The molecule has 2 atom stereocenters. The zero-order valence-electron chi connectivity index (χ0n) is 14.0. The molecule has 1 heterocycles. The van der Waals surface area contributed by atoms with Crippen LogP contribution in [0.3, 0.4) is 0 Å². The van der Waals surface area contributed by atoms with E-state index >= 15 is 0 Å². The van der Waals surface area contributed by atoms with Crippen LogP contribution in [0, 0.1) is 5.92 Å². The lowest BCUT2D eigenvalue weighted by Gasteiger charge is -2.30. The van der Waals surface area contributed by atoms with Crippen molar-refractivity contribution < 1.29 is 14.3 Å². The fraction of sp³-hybridized carbons (Fsp3) is 0.556. The Morgan fingerprint density at radius 3 is 2.39 bits per heavy atom. The highest BCUT2D eigenvalue weighted by Gasteiger charge is 2.48. The molecule has 2 fully saturated rings. The predicted molar refractivity (Wildman–Crippen MR) is 86.6 cm³/mol. The predicted octanol–water partition coefficient (Wildman–Crippen LogP) is 3.17. The first-order valence-electron chi connectivity index (χ1n) is 8.23. The number of ether oxygens (including phenoxy) is 1. The third-order valence-corrected chi connectivity index (χ3v) is 4.23. The summed E-state index contributed by atoms with van der Waals surface area (Å²) in [4.78, 5) is 25.0. The van der Waals surface area contributed by atoms with E-state index in [1.165, 1.54) is 10.6 Å². The molecular weight excluding hydrogens is 292 g/mol. The van der Waals surface area contributed by atoms with Gasteiger partial charge in [0.2, 0.25) is 5.91 Å². The molecule has 5 heteroatoms. The third kappa shape index (κ3) is 3.49. The van der Waals surface area contributed by atoms with Gasteiger partial charge >= 0.3 is 6.09 Å². The number of hydrogen-bond donors (Lipinski definition) is 0. The lowest BCUT2D eigenvalue weighted by molar-refractivity contribution is -0.144. The van der Waals surface area contributed by atoms with Gasteiger partial charge in [-0.1, -0.05) is 30.3 Å². The standard InChI is InChI=1S/C18H24N2O3/c1-18(2,3)23-17(22)20-11-7-10-19(20)16(21)15-12-14(15)13-8-5-4-6-9-13/h4-6,8-9,14-15H,7,10-12H2,1-3H3/t14-,15+/m0/s1. The third-order valence-electron chi connectivity index (χ3n) is 4.23. The molecule has 3 rings (SSSR count). The highest BCUT2D eigenvalue weighted by atomic mass is 16.6. The van der Waals surface area contributed by atoms with E-state index < -0.39 is 11.7 Å². The van der Waals surface area contributed by atoms with E-state index in [0.717, 1.165) is 12.8 Å². The first kappa shape index (κ1) is 15.8. The van der Waals surface area contributed by atoms with Gasteiger partial charge in [0.05, 0.1) is 0 Å². The molecule has 2 amide bonds. The summed E-state index contributed by atoms with van der Waals surface area (Å²) in [6.45, 7) is 6.64. The summed E-state index contributed by atoms with van der Waals surface area (Å²) in [5.41, 5.74) is 0.648. The largest absolute Gasteiger partial charge is 0.442 e. The van der Waals surface area contributed by atoms with Crippen LogP contribution in [0.4, 0.5) is 4.79 Å². The Morgan fingerprint density at radius 2 is 1.74 bits per heavy atom. The van der Waals surface area contributed by atoms with Gasteiger partial charge in [0.15, 0.2) is 0 Å². The number of carbonyl (C=O) groups excluding carboxylic acids is 2. The van der Waals surface area contributed by atoms with E-state index in [9.17, 15) is 9.59 Å². The topological polar surface area (TPSA) is 49.9 Å². The van der Waals surface area contributed by atoms with Crippen molar-refractivity contribution >= 4 is 12.0 Å². The molecule has 5 nitrogen and oxygen atoms in total. The molecule has 0 spiro atoms. The van der Waals surface area contributed by atoms with E-state index in [-0.39, 0.29) is 17.7 Å². The van der Waals surface area contributed by atoms with Crippen molar-refractivity contribution in [3.05, 3.63) is 35.9 Å². The van der Waals surface area contributed by atoms with Crippen molar-refractivity contribution in [2.45, 2.75) is 45.1 Å². The Labute approximate surface area is 137 Å². The highest BCUT2D eigenvalue weighted by molar-refractivity contribution is 5.85. The maximum absolute atomic E-state index is 12.7. The second-order valence-corrected chi connectivity index (χ2v) is 7.28. The Balaban J connectivity index is 1.64. The van der Waals surface area contributed by atoms with Crippen molar-refractivity contribution in [1.29, 1.82) is 0 Å². The average Bonchev–Trinajstić information content (AvgIpc) is 3.13. The van der Waals surface area contributed by atoms with Crippen molar-refractivity contribution in [2.75, 3.05) is 13.1 Å². The SMILES string of the molecule is CC(C)(C)OC(=O)N1CCCN1C(=O)[C@@H]1C[C@H]1c1ccccc1. The van der Waals surface area contributed by atoms with E-state index in [1.54, 1.807) is 5.01 Å². The van der Waals surface area contributed by atoms with E-state index in [1.807, 2.05) is 39.0 Å². The lowest BCUT2D eigenvalue weighted by Crippen LogP contribution is -2.47. The number of benzene rings is 1. The first-order chi connectivity index (χ1) is 10.9. The molecule has 1 aliphatic heterocycles. The van der Waals surface area contributed by atoms with Crippen LogP contribution in [0.15, 0.2) is 30.3 Å². The van der Waals surface area contributed by atoms with Gasteiger partial charge in [-0.15, -0.1) is 0 Å². The number of carbonyl (C=O) groups is 2. The van der Waals surface area contributed by atoms with Crippen LogP contribution in [0.2, 0.25) is 0 Å². The van der Waals surface area contributed by atoms with Crippen LogP contribution in [-0.2, 0) is 9.53 Å². The maximum Gasteiger partial charge on any atom is 0.429 e. The van der Waals surface area contributed by atoms with Crippen LogP contribution in [-0.4, -0.2) is 40.7 Å². The van der Waals surface area contributed by atoms with Crippen molar-refractivity contribution in [2.24, 2.45) is 5.92 Å². The van der Waals surface area contributed by atoms with Crippen LogP contribution in [0.25, 0.3) is 0 Å². The molecule has 0 radical (unpaired) electrons. The molecule has 0 N–H and O–H groups in total. The molecule has 1 saturated heterocycles. The first-order valence-corrected chi connectivity index (χ1v) is 8.23. The molecule has 0 unspecified atom stereocenters. The molecule has 0 bridgehead atoms. The summed E-state index contributed by atoms with van der Waals surface area (Å²) >= 11 is 0. The molecule has 1 aromatic carbocycles. The van der Waals surface area contributed by atoms with Crippen molar-refractivity contribution in [3.63, 3.8) is 0 Å². The minimum Gasteiger partial charge on any atom is -0.442 e. The molecular formula is C18H24N2O3. The van der Waals surface area contributed by atoms with Gasteiger partial charge in [-0.3, -0.25) is 4.79 Å². The van der Waals surface area contributed by atoms with Crippen LogP contribution >= 0.6 is 0 Å². The van der Waals surface area contributed by atoms with E-state index in [0.29, 0.717) is 13.1 Å². The van der Waals surface area contributed by atoms with Crippen LogP contribution < -0.4 is 0 Å². The van der Waals surface area contributed by atoms with Crippen LogP contribution in [0.1, 0.15) is 45.1 Å². The molecule has 2 aliphatic rings. The van der Waals surface area contributed by atoms with Gasteiger partial charge in [-0.2, -0.15) is 0 Å². The van der Waals surface area contributed by atoms with Crippen molar-refractivity contribution in [3.8, 4) is 0 Å². The van der Waals surface area contributed by atoms with Gasteiger partial charge in [0.1, 0.15) is 5.60 Å². The summed E-state index contributed by atoms with van der Waals surface area (Å²) < 4.78 is 5.41. The molecule has 23 heavy (non-hydrogen) atoms. The van der Waals surface area contributed by atoms with E-state index in [2.05, 4.69) is 12.1 Å². The zero-order chi connectivity index (χ0) is 16.6. The molecule has 0 aromatic heterocycles. The number of hydrogen-bond acceptors (Lipinski definition) is 3. The summed E-state index contributed by atoms with van der Waals surface area (Å²) in [6.07, 6.45) is 1.23. The Morgan fingerprint density at radius 1 is 1.09 bits per heavy atom. The fourth-order valence-electron chi connectivity index (χ4n) is 3.07. The zero-order valence-corrected chi connectivity index (χ0v) is 14.0. The maximum atomic E-state index is 12.7. The average molecular weight is 316 g/mol. The minimum absolute atomic E-state index is 0.0135. The second-order valence-electron chi connectivity index (χ2n) is 7.28. The minimum atomic E-state index is -0.555. The smallest absolute Gasteiger partial charge is 0.429 e. The monoisotopic (exact) mass is 316 g/mol. The Bertz CT molecular complexity index is 594. The van der Waals surface area contributed by atoms with Gasteiger partial charge in [-0.05, 0) is 45.1 Å². The summed E-state index contributed by atoms with van der Waals surface area (Å²) in [6, 6.07) is 10.1. The van der Waals surface area contributed by atoms with Gasteiger partial charge in [0.25, 0.3) is 0 Å². The number of nitrogens with zero attached hydrogens (tertiary/aromatic N) is 2. The van der Waals surface area contributed by atoms with Crippen LogP contribution in [0.5, 0.6) is 0 Å². The van der Waals surface area contributed by atoms with Crippen molar-refractivity contribution in [1.82, 2.24) is 10.0 Å². The Hall–Kier alpha value is -2.04. The summed E-state index contributed by atoms with van der Waals surface area (Å²) in [5.74, 6) is 0.312. The molecule has 1 saturated carbocycles. The fourth-order valence-corrected chi connectivity index (χ4v) is 3.07. The Kier molecular flexibility index (Phi) is 4.04. The summed E-state index contributed by atoms with van der Waals surface area (Å²) in [5, 5.41) is 3.05. The van der Waals surface area contributed by atoms with Gasteiger partial charge in [-0.25, -0.2) is 14.8 Å². The van der Waals surface area contributed by atoms with Gasteiger partial charge < -0.3 is 4.74 Å². The molecule has 1 aliphatic carbocycles. The quantitative estimate of drug-likeness (QED) is 0.842. The molecule has 1 aromatic rings. The normalized spacial score (nSPS) is 23.8. The van der Waals surface area contributed by atoms with E-state index in [4.69, 9.17) is 4.74 Å². The number of rotatable bonds is 2. The second kappa shape index (κ2) is 5.87. The number of hydrazine groups is 1. The molecule has 124 valence electrons. The van der Waals surface area contributed by atoms with Gasteiger partial charge in [0, 0.05) is 19.0 Å². The lowest BCUT2D eigenvalue weighted by atomic mass is 10.1. The highest BCUT2D eigenvalue weighted by Crippen LogP contribution is 2.48.